The van der Waals surface area contributed by atoms with Crippen LogP contribution in [0.3, 0.4) is 0 Å². The van der Waals surface area contributed by atoms with Crippen LogP contribution in [-0.2, 0) is 6.54 Å². The SMILES string of the molecule is CC(=O)c1ccc2c(c1)c1cc(C(C)=O)ccc1n2CCO. The maximum absolute atomic E-state index is 11.6. The van der Waals surface area contributed by atoms with Crippen LogP contribution in [0.4, 0.5) is 0 Å². The predicted molar refractivity (Wildman–Crippen MR) is 86.5 cm³/mol. The molecule has 1 heterocycles. The molecule has 0 aliphatic heterocycles. The van der Waals surface area contributed by atoms with Gasteiger partial charge in [-0.3, -0.25) is 9.59 Å². The largest absolute Gasteiger partial charge is 0.395 e. The minimum atomic E-state index is 0.00711. The molecule has 0 saturated heterocycles. The van der Waals surface area contributed by atoms with Gasteiger partial charge in [-0.2, -0.15) is 0 Å². The Morgan fingerprint density at radius 3 is 1.73 bits per heavy atom. The lowest BCUT2D eigenvalue weighted by molar-refractivity contribution is 0.100. The zero-order valence-electron chi connectivity index (χ0n) is 12.6. The first kappa shape index (κ1) is 14.5. The normalized spacial score (nSPS) is 11.2. The topological polar surface area (TPSA) is 59.3 Å². The lowest BCUT2D eigenvalue weighted by Gasteiger charge is -2.05. The molecule has 1 aromatic heterocycles. The number of aliphatic hydroxyl groups is 1. The molecule has 0 atom stereocenters. The second-order valence-corrected chi connectivity index (χ2v) is 5.45. The average molecular weight is 295 g/mol. The fourth-order valence-corrected chi connectivity index (χ4v) is 2.88. The Labute approximate surface area is 128 Å². The summed E-state index contributed by atoms with van der Waals surface area (Å²) in [7, 11) is 0. The molecule has 0 fully saturated rings. The van der Waals surface area contributed by atoms with Crippen LogP contribution >= 0.6 is 0 Å². The van der Waals surface area contributed by atoms with E-state index in [1.807, 2.05) is 28.8 Å². The summed E-state index contributed by atoms with van der Waals surface area (Å²) in [5.74, 6) is 0.0142. The van der Waals surface area contributed by atoms with Crippen molar-refractivity contribution in [2.45, 2.75) is 20.4 Å². The number of carbonyl (C=O) groups excluding carboxylic acids is 2. The van der Waals surface area contributed by atoms with Crippen molar-refractivity contribution < 1.29 is 14.7 Å². The third kappa shape index (κ3) is 2.22. The van der Waals surface area contributed by atoms with E-state index in [1.54, 1.807) is 12.1 Å². The van der Waals surface area contributed by atoms with Gasteiger partial charge in [0.05, 0.1) is 6.61 Å². The van der Waals surface area contributed by atoms with Crippen LogP contribution in [0.5, 0.6) is 0 Å². The molecular formula is C18H17NO3. The number of aliphatic hydroxyl groups excluding tert-OH is 1. The van der Waals surface area contributed by atoms with E-state index < -0.39 is 0 Å². The van der Waals surface area contributed by atoms with Gasteiger partial charge in [-0.25, -0.2) is 0 Å². The van der Waals surface area contributed by atoms with E-state index in [-0.39, 0.29) is 18.2 Å². The number of hydrogen-bond acceptors (Lipinski definition) is 3. The number of nitrogens with zero attached hydrogens (tertiary/aromatic N) is 1. The number of aromatic nitrogens is 1. The van der Waals surface area contributed by atoms with E-state index in [2.05, 4.69) is 0 Å². The van der Waals surface area contributed by atoms with Crippen molar-refractivity contribution in [1.29, 1.82) is 0 Å². The molecule has 1 N–H and O–H groups in total. The summed E-state index contributed by atoms with van der Waals surface area (Å²) in [4.78, 5) is 23.3. The van der Waals surface area contributed by atoms with Gasteiger partial charge < -0.3 is 9.67 Å². The molecule has 3 rings (SSSR count). The molecule has 0 spiro atoms. The van der Waals surface area contributed by atoms with Crippen LogP contribution in [0, 0.1) is 0 Å². The molecular weight excluding hydrogens is 278 g/mol. The third-order valence-corrected chi connectivity index (χ3v) is 4.00. The first-order valence-corrected chi connectivity index (χ1v) is 7.21. The van der Waals surface area contributed by atoms with Gasteiger partial charge in [0.1, 0.15) is 0 Å². The van der Waals surface area contributed by atoms with Gasteiger partial charge in [0, 0.05) is 39.5 Å². The summed E-state index contributed by atoms with van der Waals surface area (Å²) in [5.41, 5.74) is 3.19. The van der Waals surface area contributed by atoms with Crippen LogP contribution in [0.15, 0.2) is 36.4 Å². The first-order chi connectivity index (χ1) is 10.5. The zero-order chi connectivity index (χ0) is 15.9. The van der Waals surface area contributed by atoms with Gasteiger partial charge in [-0.05, 0) is 50.2 Å². The van der Waals surface area contributed by atoms with Crippen LogP contribution < -0.4 is 0 Å². The molecule has 0 saturated carbocycles. The summed E-state index contributed by atoms with van der Waals surface area (Å²) >= 11 is 0. The highest BCUT2D eigenvalue weighted by Crippen LogP contribution is 2.31. The molecule has 0 aliphatic rings. The van der Waals surface area contributed by atoms with Crippen molar-refractivity contribution in [3.63, 3.8) is 0 Å². The number of hydrogen-bond donors (Lipinski definition) is 1. The van der Waals surface area contributed by atoms with Crippen molar-refractivity contribution in [2.24, 2.45) is 0 Å². The summed E-state index contributed by atoms with van der Waals surface area (Å²) < 4.78 is 2.01. The molecule has 4 heteroatoms. The van der Waals surface area contributed by atoms with Crippen LogP contribution in [0.1, 0.15) is 34.6 Å². The van der Waals surface area contributed by atoms with Crippen molar-refractivity contribution in [1.82, 2.24) is 4.57 Å². The fraction of sp³-hybridized carbons (Fsp3) is 0.222. The second-order valence-electron chi connectivity index (χ2n) is 5.45. The Balaban J connectivity index is 2.41. The quantitative estimate of drug-likeness (QED) is 0.752. The minimum absolute atomic E-state index is 0.00711. The Morgan fingerprint density at radius 2 is 1.36 bits per heavy atom. The summed E-state index contributed by atoms with van der Waals surface area (Å²) in [6.07, 6.45) is 0. The number of rotatable bonds is 4. The maximum Gasteiger partial charge on any atom is 0.159 e. The number of carbonyl (C=O) groups is 2. The van der Waals surface area contributed by atoms with Gasteiger partial charge in [0.2, 0.25) is 0 Å². The molecule has 0 radical (unpaired) electrons. The molecule has 0 unspecified atom stereocenters. The molecule has 4 nitrogen and oxygen atoms in total. The highest BCUT2D eigenvalue weighted by molar-refractivity contribution is 6.12. The predicted octanol–water partition coefficient (Wildman–Crippen LogP) is 3.19. The van der Waals surface area contributed by atoms with Crippen LogP contribution in [-0.4, -0.2) is 27.8 Å². The first-order valence-electron chi connectivity index (χ1n) is 7.21. The molecule has 0 bridgehead atoms. The fourth-order valence-electron chi connectivity index (χ4n) is 2.88. The number of fused-ring (bicyclic) bond motifs is 3. The highest BCUT2D eigenvalue weighted by atomic mass is 16.3. The van der Waals surface area contributed by atoms with Crippen molar-refractivity contribution >= 4 is 33.4 Å². The Kier molecular flexibility index (Phi) is 3.54. The second kappa shape index (κ2) is 5.39. The van der Waals surface area contributed by atoms with Gasteiger partial charge in [-0.1, -0.05) is 0 Å². The number of ketones is 2. The molecule has 112 valence electrons. The number of benzene rings is 2. The Morgan fingerprint density at radius 1 is 0.909 bits per heavy atom. The Bertz CT molecular complexity index is 834. The third-order valence-electron chi connectivity index (χ3n) is 4.00. The van der Waals surface area contributed by atoms with Gasteiger partial charge in [-0.15, -0.1) is 0 Å². The van der Waals surface area contributed by atoms with E-state index in [4.69, 9.17) is 0 Å². The van der Waals surface area contributed by atoms with E-state index >= 15 is 0 Å². The number of Topliss-reactive ketones (excluding diaryl/α,β-unsaturated/α-hetero) is 2. The lowest BCUT2D eigenvalue weighted by atomic mass is 10.0. The Hall–Kier alpha value is -2.46. The van der Waals surface area contributed by atoms with E-state index in [9.17, 15) is 14.7 Å². The summed E-state index contributed by atoms with van der Waals surface area (Å²) in [6.45, 7) is 3.57. The van der Waals surface area contributed by atoms with E-state index in [0.29, 0.717) is 17.7 Å². The standard InChI is InChI=1S/C18H17NO3/c1-11(21)13-3-5-17-15(9-13)16-10-14(12(2)22)4-6-18(16)19(17)7-8-20/h3-6,9-10,20H,7-8H2,1-2H3. The highest BCUT2D eigenvalue weighted by Gasteiger charge is 2.13. The molecule has 2 aromatic carbocycles. The van der Waals surface area contributed by atoms with Gasteiger partial charge in [0.15, 0.2) is 11.6 Å². The molecule has 0 amide bonds. The monoisotopic (exact) mass is 295 g/mol. The average Bonchev–Trinajstić information content (AvgIpc) is 2.81. The maximum atomic E-state index is 11.6. The van der Waals surface area contributed by atoms with Crippen molar-refractivity contribution in [2.75, 3.05) is 6.61 Å². The minimum Gasteiger partial charge on any atom is -0.395 e. The lowest BCUT2D eigenvalue weighted by Crippen LogP contribution is -2.01. The molecule has 3 aromatic rings. The smallest absolute Gasteiger partial charge is 0.159 e. The summed E-state index contributed by atoms with van der Waals surface area (Å²) in [5, 5.41) is 11.2. The van der Waals surface area contributed by atoms with Crippen molar-refractivity contribution in [3.05, 3.63) is 47.5 Å². The van der Waals surface area contributed by atoms with Crippen LogP contribution in [0.25, 0.3) is 21.8 Å². The molecule has 0 aliphatic carbocycles. The van der Waals surface area contributed by atoms with Gasteiger partial charge >= 0.3 is 0 Å². The van der Waals surface area contributed by atoms with Gasteiger partial charge in [0.25, 0.3) is 0 Å². The van der Waals surface area contributed by atoms with E-state index in [1.165, 1.54) is 13.8 Å². The molecule has 22 heavy (non-hydrogen) atoms. The van der Waals surface area contributed by atoms with E-state index in [0.717, 1.165) is 21.8 Å². The zero-order valence-corrected chi connectivity index (χ0v) is 12.6. The van der Waals surface area contributed by atoms with Crippen LogP contribution in [0.2, 0.25) is 0 Å². The summed E-state index contributed by atoms with van der Waals surface area (Å²) in [6, 6.07) is 11.1. The van der Waals surface area contributed by atoms with Crippen molar-refractivity contribution in [3.8, 4) is 0 Å².